The van der Waals surface area contributed by atoms with Crippen LogP contribution < -0.4 is 5.73 Å². The lowest BCUT2D eigenvalue weighted by molar-refractivity contribution is 0.00528. The van der Waals surface area contributed by atoms with E-state index in [1.165, 1.54) is 6.20 Å². The van der Waals surface area contributed by atoms with Crippen molar-refractivity contribution in [2.75, 3.05) is 12.3 Å². The number of rotatable bonds is 4. The van der Waals surface area contributed by atoms with Crippen molar-refractivity contribution in [1.82, 2.24) is 9.97 Å². The van der Waals surface area contributed by atoms with Crippen LogP contribution in [-0.2, 0) is 0 Å². The Kier molecular flexibility index (Phi) is 3.71. The number of aromatic nitrogens is 2. The van der Waals surface area contributed by atoms with E-state index < -0.39 is 12.2 Å². The number of benzene rings is 1. The molecule has 0 saturated heterocycles. The van der Waals surface area contributed by atoms with E-state index in [0.29, 0.717) is 22.3 Å². The van der Waals surface area contributed by atoms with Crippen molar-refractivity contribution in [3.05, 3.63) is 30.1 Å². The summed E-state index contributed by atoms with van der Waals surface area (Å²) in [6.07, 6.45) is 0.814. The Morgan fingerprint density at radius 3 is 2.61 bits per heavy atom. The number of nitrogens with zero attached hydrogens (tertiary/aromatic N) is 2. The minimum atomic E-state index is -1.20. The molecular formula is C12H15N3O3. The van der Waals surface area contributed by atoms with E-state index in [0.717, 1.165) is 0 Å². The van der Waals surface area contributed by atoms with Gasteiger partial charge in [-0.15, -0.1) is 0 Å². The molecule has 2 atom stereocenters. The van der Waals surface area contributed by atoms with Gasteiger partial charge < -0.3 is 21.1 Å². The number of fused-ring (bicyclic) bond motifs is 1. The van der Waals surface area contributed by atoms with Crippen molar-refractivity contribution in [1.29, 1.82) is 0 Å². The SMILES string of the molecule is Nc1ccc2nccnc2c1C(O)C(O)CCO. The molecule has 5 N–H and O–H groups in total. The summed E-state index contributed by atoms with van der Waals surface area (Å²) in [5.74, 6) is 0. The van der Waals surface area contributed by atoms with Crippen LogP contribution in [0.2, 0.25) is 0 Å². The molecule has 0 radical (unpaired) electrons. The summed E-state index contributed by atoms with van der Waals surface area (Å²) in [7, 11) is 0. The molecule has 2 aromatic rings. The van der Waals surface area contributed by atoms with Gasteiger partial charge in [0.15, 0.2) is 0 Å². The Morgan fingerprint density at radius 2 is 1.89 bits per heavy atom. The van der Waals surface area contributed by atoms with Crippen LogP contribution in [0.3, 0.4) is 0 Å². The second kappa shape index (κ2) is 5.26. The molecule has 0 aliphatic heterocycles. The lowest BCUT2D eigenvalue weighted by Gasteiger charge is -2.19. The van der Waals surface area contributed by atoms with Gasteiger partial charge in [0.25, 0.3) is 0 Å². The van der Waals surface area contributed by atoms with Gasteiger partial charge in [0.1, 0.15) is 6.10 Å². The fourth-order valence-corrected chi connectivity index (χ4v) is 1.87. The molecule has 0 spiro atoms. The number of hydrogen-bond donors (Lipinski definition) is 4. The Bertz CT molecular complexity index is 547. The van der Waals surface area contributed by atoms with Gasteiger partial charge in [0.05, 0.1) is 17.1 Å². The number of aliphatic hydroxyl groups excluding tert-OH is 3. The Balaban J connectivity index is 2.51. The van der Waals surface area contributed by atoms with Crippen molar-refractivity contribution >= 4 is 16.7 Å². The van der Waals surface area contributed by atoms with Crippen molar-refractivity contribution < 1.29 is 15.3 Å². The monoisotopic (exact) mass is 249 g/mol. The highest BCUT2D eigenvalue weighted by molar-refractivity contribution is 5.83. The topological polar surface area (TPSA) is 112 Å². The van der Waals surface area contributed by atoms with Gasteiger partial charge in [-0.1, -0.05) is 0 Å². The molecule has 1 heterocycles. The fourth-order valence-electron chi connectivity index (χ4n) is 1.87. The van der Waals surface area contributed by atoms with E-state index in [9.17, 15) is 10.2 Å². The van der Waals surface area contributed by atoms with Crippen LogP contribution in [0.5, 0.6) is 0 Å². The molecule has 0 fully saturated rings. The maximum absolute atomic E-state index is 10.1. The first-order chi connectivity index (χ1) is 8.65. The summed E-state index contributed by atoms with van der Waals surface area (Å²) in [4.78, 5) is 8.24. The molecule has 2 unspecified atom stereocenters. The van der Waals surface area contributed by atoms with Crippen molar-refractivity contribution in [2.24, 2.45) is 0 Å². The first-order valence-corrected chi connectivity index (χ1v) is 5.61. The smallest absolute Gasteiger partial charge is 0.109 e. The van der Waals surface area contributed by atoms with Gasteiger partial charge in [-0.25, -0.2) is 0 Å². The molecule has 0 bridgehead atoms. The fraction of sp³-hybridized carbons (Fsp3) is 0.333. The number of anilines is 1. The van der Waals surface area contributed by atoms with Crippen molar-refractivity contribution in [2.45, 2.75) is 18.6 Å². The molecule has 6 nitrogen and oxygen atoms in total. The first-order valence-electron chi connectivity index (χ1n) is 5.61. The zero-order valence-electron chi connectivity index (χ0n) is 9.69. The van der Waals surface area contributed by atoms with Gasteiger partial charge in [-0.2, -0.15) is 0 Å². The van der Waals surface area contributed by atoms with Crippen LogP contribution in [0.25, 0.3) is 11.0 Å². The lowest BCUT2D eigenvalue weighted by atomic mass is 9.99. The predicted octanol–water partition coefficient (Wildman–Crippen LogP) is -0.0113. The third-order valence-corrected chi connectivity index (χ3v) is 2.80. The van der Waals surface area contributed by atoms with E-state index in [1.54, 1.807) is 18.3 Å². The molecule has 1 aromatic carbocycles. The molecule has 0 amide bonds. The van der Waals surface area contributed by atoms with E-state index >= 15 is 0 Å². The average Bonchev–Trinajstić information content (AvgIpc) is 2.38. The summed E-state index contributed by atoms with van der Waals surface area (Å²) >= 11 is 0. The third kappa shape index (κ3) is 2.26. The Morgan fingerprint density at radius 1 is 1.17 bits per heavy atom. The Hall–Kier alpha value is -1.76. The van der Waals surface area contributed by atoms with Gasteiger partial charge >= 0.3 is 0 Å². The molecule has 6 heteroatoms. The first kappa shape index (κ1) is 12.7. The Labute approximate surface area is 104 Å². The summed E-state index contributed by atoms with van der Waals surface area (Å²) < 4.78 is 0. The second-order valence-corrected chi connectivity index (χ2v) is 4.02. The van der Waals surface area contributed by atoms with Gasteiger partial charge in [-0.3, -0.25) is 9.97 Å². The molecular weight excluding hydrogens is 234 g/mol. The molecule has 0 aliphatic rings. The number of hydrogen-bond acceptors (Lipinski definition) is 6. The largest absolute Gasteiger partial charge is 0.398 e. The number of nitrogens with two attached hydrogens (primary N) is 1. The van der Waals surface area contributed by atoms with Gasteiger partial charge in [0, 0.05) is 30.3 Å². The van der Waals surface area contributed by atoms with Gasteiger partial charge in [-0.05, 0) is 18.6 Å². The van der Waals surface area contributed by atoms with Crippen LogP contribution in [0.15, 0.2) is 24.5 Å². The number of aliphatic hydroxyl groups is 3. The van der Waals surface area contributed by atoms with Crippen LogP contribution in [0, 0.1) is 0 Å². The number of nitrogen functional groups attached to an aromatic ring is 1. The van der Waals surface area contributed by atoms with Crippen molar-refractivity contribution in [3.63, 3.8) is 0 Å². The van der Waals surface area contributed by atoms with Crippen molar-refractivity contribution in [3.8, 4) is 0 Å². The van der Waals surface area contributed by atoms with Crippen LogP contribution >= 0.6 is 0 Å². The average molecular weight is 249 g/mol. The second-order valence-electron chi connectivity index (χ2n) is 4.02. The summed E-state index contributed by atoms with van der Waals surface area (Å²) in [6.45, 7) is -0.214. The predicted molar refractivity (Wildman–Crippen MR) is 66.6 cm³/mol. The summed E-state index contributed by atoms with van der Waals surface area (Å²) in [5, 5.41) is 28.6. The highest BCUT2D eigenvalue weighted by Crippen LogP contribution is 2.30. The van der Waals surface area contributed by atoms with E-state index in [4.69, 9.17) is 10.8 Å². The summed E-state index contributed by atoms with van der Waals surface area (Å²) in [5.41, 5.74) is 7.56. The lowest BCUT2D eigenvalue weighted by Crippen LogP contribution is -2.21. The maximum Gasteiger partial charge on any atom is 0.109 e. The quantitative estimate of drug-likeness (QED) is 0.567. The standard InChI is InChI=1S/C12H15N3O3/c13-7-1-2-8-11(15-5-4-14-8)10(7)12(18)9(17)3-6-16/h1-2,4-5,9,12,16-18H,3,6,13H2. The summed E-state index contributed by atoms with van der Waals surface area (Å²) in [6, 6.07) is 3.31. The zero-order chi connectivity index (χ0) is 13.1. The van der Waals surface area contributed by atoms with Gasteiger partial charge in [0.2, 0.25) is 0 Å². The molecule has 0 saturated carbocycles. The van der Waals surface area contributed by atoms with E-state index in [2.05, 4.69) is 9.97 Å². The van der Waals surface area contributed by atoms with E-state index in [-0.39, 0.29) is 13.0 Å². The normalized spacial score (nSPS) is 14.6. The molecule has 0 aliphatic carbocycles. The zero-order valence-corrected chi connectivity index (χ0v) is 9.69. The van der Waals surface area contributed by atoms with Crippen LogP contribution in [0.1, 0.15) is 18.1 Å². The third-order valence-electron chi connectivity index (χ3n) is 2.80. The minimum Gasteiger partial charge on any atom is -0.398 e. The highest BCUT2D eigenvalue weighted by atomic mass is 16.3. The highest BCUT2D eigenvalue weighted by Gasteiger charge is 2.23. The molecule has 2 rings (SSSR count). The van der Waals surface area contributed by atoms with Crippen LogP contribution in [-0.4, -0.2) is 38.0 Å². The minimum absolute atomic E-state index is 0.0667. The molecule has 1 aromatic heterocycles. The van der Waals surface area contributed by atoms with E-state index in [1.807, 2.05) is 0 Å². The maximum atomic E-state index is 10.1. The molecule has 96 valence electrons. The van der Waals surface area contributed by atoms with Crippen LogP contribution in [0.4, 0.5) is 5.69 Å². The molecule has 18 heavy (non-hydrogen) atoms.